The second-order valence-corrected chi connectivity index (χ2v) is 4.93. The number of nitrogens with one attached hydrogen (secondary N) is 1. The van der Waals surface area contributed by atoms with Crippen LogP contribution in [0.25, 0.3) is 0 Å². The van der Waals surface area contributed by atoms with Crippen molar-refractivity contribution in [2.45, 2.75) is 46.2 Å². The monoisotopic (exact) mass is 237 g/mol. The fraction of sp³-hybridized carbons (Fsp3) is 0.769. The third-order valence-electron chi connectivity index (χ3n) is 3.85. The zero-order chi connectivity index (χ0) is 12.4. The lowest BCUT2D eigenvalue weighted by atomic mass is 10.0. The van der Waals surface area contributed by atoms with Crippen LogP contribution in [-0.2, 0) is 4.74 Å². The van der Waals surface area contributed by atoms with Gasteiger partial charge in [0.2, 0.25) is 0 Å². The average molecular weight is 237 g/mol. The Bertz CT molecular complexity index is 355. The zero-order valence-corrected chi connectivity index (χ0v) is 11.3. The van der Waals surface area contributed by atoms with Crippen molar-refractivity contribution in [2.24, 2.45) is 0 Å². The van der Waals surface area contributed by atoms with E-state index in [0.29, 0.717) is 12.1 Å². The van der Waals surface area contributed by atoms with E-state index in [1.54, 1.807) is 0 Å². The summed E-state index contributed by atoms with van der Waals surface area (Å²) >= 11 is 0. The molecule has 0 unspecified atom stereocenters. The summed E-state index contributed by atoms with van der Waals surface area (Å²) in [5.74, 6) is 0. The van der Waals surface area contributed by atoms with Crippen molar-refractivity contribution in [3.63, 3.8) is 0 Å². The van der Waals surface area contributed by atoms with Gasteiger partial charge in [0.1, 0.15) is 0 Å². The summed E-state index contributed by atoms with van der Waals surface area (Å²) in [6, 6.07) is 0.954. The molecular weight excluding hydrogens is 214 g/mol. The molecule has 4 nitrogen and oxygen atoms in total. The highest BCUT2D eigenvalue weighted by atomic mass is 16.5. The van der Waals surface area contributed by atoms with Gasteiger partial charge in [-0.2, -0.15) is 5.10 Å². The van der Waals surface area contributed by atoms with Gasteiger partial charge in [0.25, 0.3) is 0 Å². The van der Waals surface area contributed by atoms with Gasteiger partial charge in [-0.15, -0.1) is 0 Å². The standard InChI is InChI=1S/C13H23N3O/c1-5-9(2)16-6-7-17-8-12(16)13-10(3)14-15-11(13)4/h9,12H,5-8H2,1-4H3,(H,14,15)/t9-,12-/m1/s1. The number of aromatic nitrogens is 2. The summed E-state index contributed by atoms with van der Waals surface area (Å²) in [4.78, 5) is 2.55. The van der Waals surface area contributed by atoms with Crippen molar-refractivity contribution in [3.8, 4) is 0 Å². The number of H-pyrrole nitrogens is 1. The minimum absolute atomic E-state index is 0.359. The quantitative estimate of drug-likeness (QED) is 0.876. The van der Waals surface area contributed by atoms with Crippen LogP contribution >= 0.6 is 0 Å². The van der Waals surface area contributed by atoms with Crippen LogP contribution in [0.15, 0.2) is 0 Å². The van der Waals surface area contributed by atoms with Gasteiger partial charge >= 0.3 is 0 Å². The van der Waals surface area contributed by atoms with Crippen LogP contribution in [0.5, 0.6) is 0 Å². The summed E-state index contributed by atoms with van der Waals surface area (Å²) in [5, 5.41) is 7.38. The van der Waals surface area contributed by atoms with Crippen LogP contribution < -0.4 is 0 Å². The molecule has 1 aliphatic heterocycles. The first kappa shape index (κ1) is 12.6. The number of hydrogen-bond acceptors (Lipinski definition) is 3. The molecule has 4 heteroatoms. The number of ether oxygens (including phenoxy) is 1. The number of aryl methyl sites for hydroxylation is 2. The van der Waals surface area contributed by atoms with Gasteiger partial charge in [-0.1, -0.05) is 6.92 Å². The van der Waals surface area contributed by atoms with Gasteiger partial charge in [0.05, 0.1) is 24.9 Å². The molecule has 0 bridgehead atoms. The Labute approximate surface area is 103 Å². The van der Waals surface area contributed by atoms with E-state index in [0.717, 1.165) is 25.5 Å². The van der Waals surface area contributed by atoms with Crippen LogP contribution in [0.3, 0.4) is 0 Å². The molecule has 96 valence electrons. The first-order valence-electron chi connectivity index (χ1n) is 6.50. The van der Waals surface area contributed by atoms with Gasteiger partial charge in [0.15, 0.2) is 0 Å². The minimum Gasteiger partial charge on any atom is -0.378 e. The lowest BCUT2D eigenvalue weighted by Crippen LogP contribution is -2.44. The topological polar surface area (TPSA) is 41.1 Å². The summed E-state index contributed by atoms with van der Waals surface area (Å²) in [6.07, 6.45) is 1.17. The molecule has 2 heterocycles. The van der Waals surface area contributed by atoms with Crippen molar-refractivity contribution in [1.29, 1.82) is 0 Å². The SMILES string of the molecule is CC[C@@H](C)N1CCOC[C@@H]1c1c(C)n[nH]c1C. The average Bonchev–Trinajstić information content (AvgIpc) is 2.68. The first-order valence-corrected chi connectivity index (χ1v) is 6.50. The molecule has 1 saturated heterocycles. The second kappa shape index (κ2) is 5.19. The highest BCUT2D eigenvalue weighted by Crippen LogP contribution is 2.30. The van der Waals surface area contributed by atoms with Gasteiger partial charge in [-0.05, 0) is 27.2 Å². The molecule has 0 aliphatic carbocycles. The van der Waals surface area contributed by atoms with Crippen LogP contribution in [0.4, 0.5) is 0 Å². The van der Waals surface area contributed by atoms with E-state index in [1.807, 2.05) is 0 Å². The highest BCUT2D eigenvalue weighted by molar-refractivity contribution is 5.27. The molecule has 1 fully saturated rings. The van der Waals surface area contributed by atoms with Crippen molar-refractivity contribution in [3.05, 3.63) is 17.0 Å². The molecule has 0 spiro atoms. The Morgan fingerprint density at radius 2 is 2.29 bits per heavy atom. The van der Waals surface area contributed by atoms with Crippen LogP contribution in [0.1, 0.15) is 43.3 Å². The lowest BCUT2D eigenvalue weighted by molar-refractivity contribution is -0.0278. The minimum atomic E-state index is 0.359. The molecule has 17 heavy (non-hydrogen) atoms. The fourth-order valence-corrected chi connectivity index (χ4v) is 2.68. The number of aromatic amines is 1. The molecule has 0 amide bonds. The van der Waals surface area contributed by atoms with E-state index in [4.69, 9.17) is 4.74 Å². The number of morpholine rings is 1. The Morgan fingerprint density at radius 1 is 1.53 bits per heavy atom. The maximum atomic E-state index is 5.66. The van der Waals surface area contributed by atoms with E-state index in [-0.39, 0.29) is 0 Å². The molecule has 1 aliphatic rings. The maximum Gasteiger partial charge on any atom is 0.0665 e. The first-order chi connectivity index (χ1) is 8.15. The number of rotatable bonds is 3. The van der Waals surface area contributed by atoms with Crippen LogP contribution in [-0.4, -0.2) is 40.9 Å². The van der Waals surface area contributed by atoms with E-state index < -0.39 is 0 Å². The number of hydrogen-bond donors (Lipinski definition) is 1. The highest BCUT2D eigenvalue weighted by Gasteiger charge is 2.30. The smallest absolute Gasteiger partial charge is 0.0665 e. The van der Waals surface area contributed by atoms with Crippen LogP contribution in [0.2, 0.25) is 0 Å². The van der Waals surface area contributed by atoms with Crippen molar-refractivity contribution in [2.75, 3.05) is 19.8 Å². The predicted octanol–water partition coefficient (Wildman–Crippen LogP) is 2.20. The molecule has 0 saturated carbocycles. The normalized spacial score (nSPS) is 23.9. The summed E-state index contributed by atoms with van der Waals surface area (Å²) in [6.45, 7) is 11.3. The van der Waals surface area contributed by atoms with E-state index >= 15 is 0 Å². The summed E-state index contributed by atoms with van der Waals surface area (Å²) < 4.78 is 5.66. The number of nitrogens with zero attached hydrogens (tertiary/aromatic N) is 2. The third-order valence-corrected chi connectivity index (χ3v) is 3.85. The van der Waals surface area contributed by atoms with E-state index in [1.165, 1.54) is 17.7 Å². The molecule has 0 aromatic carbocycles. The molecule has 1 N–H and O–H groups in total. The van der Waals surface area contributed by atoms with Crippen molar-refractivity contribution < 1.29 is 4.74 Å². The van der Waals surface area contributed by atoms with Crippen LogP contribution in [0, 0.1) is 13.8 Å². The summed E-state index contributed by atoms with van der Waals surface area (Å²) in [7, 11) is 0. The van der Waals surface area contributed by atoms with Crippen molar-refractivity contribution in [1.82, 2.24) is 15.1 Å². The van der Waals surface area contributed by atoms with Gasteiger partial charge in [0, 0.05) is 23.8 Å². The van der Waals surface area contributed by atoms with Gasteiger partial charge in [-0.25, -0.2) is 0 Å². The lowest BCUT2D eigenvalue weighted by Gasteiger charge is -2.39. The van der Waals surface area contributed by atoms with Crippen molar-refractivity contribution >= 4 is 0 Å². The van der Waals surface area contributed by atoms with E-state index in [9.17, 15) is 0 Å². The molecule has 2 rings (SSSR count). The predicted molar refractivity (Wildman–Crippen MR) is 68.1 cm³/mol. The Kier molecular flexibility index (Phi) is 3.84. The largest absolute Gasteiger partial charge is 0.378 e. The molecule has 1 aromatic heterocycles. The molecule has 1 aromatic rings. The second-order valence-electron chi connectivity index (χ2n) is 4.93. The molecular formula is C13H23N3O. The van der Waals surface area contributed by atoms with E-state index in [2.05, 4.69) is 42.8 Å². The molecule has 0 radical (unpaired) electrons. The summed E-state index contributed by atoms with van der Waals surface area (Å²) in [5.41, 5.74) is 3.60. The third kappa shape index (κ3) is 2.38. The van der Waals surface area contributed by atoms with Gasteiger partial charge < -0.3 is 4.74 Å². The molecule has 2 atom stereocenters. The Morgan fingerprint density at radius 3 is 2.88 bits per heavy atom. The maximum absolute atomic E-state index is 5.66. The Balaban J connectivity index is 2.28. The Hall–Kier alpha value is -0.870. The van der Waals surface area contributed by atoms with Gasteiger partial charge in [-0.3, -0.25) is 10.00 Å². The fourth-order valence-electron chi connectivity index (χ4n) is 2.68. The zero-order valence-electron chi connectivity index (χ0n) is 11.3.